The summed E-state index contributed by atoms with van der Waals surface area (Å²) in [6.07, 6.45) is 7.36. The van der Waals surface area contributed by atoms with Gasteiger partial charge in [-0.1, -0.05) is 38.5 Å². The number of imide groups is 1. The maximum absolute atomic E-state index is 13.7. The fourth-order valence-corrected chi connectivity index (χ4v) is 5.62. The molecule has 1 saturated heterocycles. The average molecular weight is 558 g/mol. The van der Waals surface area contributed by atoms with Gasteiger partial charge < -0.3 is 19.5 Å². The second kappa shape index (κ2) is 13.0. The van der Waals surface area contributed by atoms with Crippen molar-refractivity contribution in [2.45, 2.75) is 115 Å². The average Bonchev–Trinajstić information content (AvgIpc) is 3.73. The Balaban J connectivity index is 1.50. The molecule has 3 aliphatic rings. The Kier molecular flexibility index (Phi) is 9.71. The maximum Gasteiger partial charge on any atom is 0.326 e. The molecule has 1 aromatic rings. The number of anilines is 1. The van der Waals surface area contributed by atoms with Crippen LogP contribution in [0.4, 0.5) is 10.5 Å². The SMILES string of the molecule is COc1ccc(N(CC(=O)OC(C)(C)C)C(=O)C2OC2C(=O)N(C(=O)NC2CCCCC2)C2CCCCC2)cc1. The minimum Gasteiger partial charge on any atom is -0.497 e. The van der Waals surface area contributed by atoms with E-state index in [0.717, 1.165) is 64.2 Å². The van der Waals surface area contributed by atoms with Gasteiger partial charge in [-0.05, 0) is 70.7 Å². The van der Waals surface area contributed by atoms with Gasteiger partial charge in [-0.25, -0.2) is 4.79 Å². The summed E-state index contributed by atoms with van der Waals surface area (Å²) in [6.45, 7) is 4.90. The number of esters is 1. The molecule has 0 spiro atoms. The molecule has 1 N–H and O–H groups in total. The summed E-state index contributed by atoms with van der Waals surface area (Å²) < 4.78 is 16.3. The lowest BCUT2D eigenvalue weighted by molar-refractivity contribution is -0.153. The third-order valence-electron chi connectivity index (χ3n) is 7.66. The number of epoxide rings is 1. The van der Waals surface area contributed by atoms with Gasteiger partial charge in [-0.15, -0.1) is 0 Å². The molecule has 2 saturated carbocycles. The highest BCUT2D eigenvalue weighted by atomic mass is 16.6. The normalized spacial score (nSPS) is 21.7. The fourth-order valence-electron chi connectivity index (χ4n) is 5.62. The van der Waals surface area contributed by atoms with Crippen molar-refractivity contribution in [1.29, 1.82) is 0 Å². The number of carbonyl (C=O) groups is 4. The zero-order valence-corrected chi connectivity index (χ0v) is 24.1. The van der Waals surface area contributed by atoms with Crippen molar-refractivity contribution in [3.63, 3.8) is 0 Å². The molecule has 0 radical (unpaired) electrons. The third kappa shape index (κ3) is 7.74. The van der Waals surface area contributed by atoms with E-state index in [1.807, 2.05) is 0 Å². The monoisotopic (exact) mass is 557 g/mol. The number of methoxy groups -OCH3 is 1. The van der Waals surface area contributed by atoms with E-state index in [0.29, 0.717) is 11.4 Å². The van der Waals surface area contributed by atoms with Crippen molar-refractivity contribution in [1.82, 2.24) is 10.2 Å². The van der Waals surface area contributed by atoms with Crippen molar-refractivity contribution < 1.29 is 33.4 Å². The highest BCUT2D eigenvalue weighted by molar-refractivity contribution is 6.07. The van der Waals surface area contributed by atoms with Gasteiger partial charge in [-0.3, -0.25) is 24.2 Å². The molecule has 4 rings (SSSR count). The van der Waals surface area contributed by atoms with Gasteiger partial charge in [0, 0.05) is 17.8 Å². The maximum atomic E-state index is 13.7. The Labute approximate surface area is 236 Å². The van der Waals surface area contributed by atoms with Crippen molar-refractivity contribution in [3.05, 3.63) is 24.3 Å². The van der Waals surface area contributed by atoms with Gasteiger partial charge in [0.15, 0.2) is 12.2 Å². The van der Waals surface area contributed by atoms with Crippen LogP contribution in [0, 0.1) is 0 Å². The quantitative estimate of drug-likeness (QED) is 0.373. The second-order valence-electron chi connectivity index (χ2n) is 12.0. The summed E-state index contributed by atoms with van der Waals surface area (Å²) in [5, 5.41) is 3.07. The molecule has 4 amide bonds. The van der Waals surface area contributed by atoms with E-state index in [-0.39, 0.29) is 18.6 Å². The number of nitrogens with one attached hydrogen (secondary N) is 1. The van der Waals surface area contributed by atoms with Gasteiger partial charge in [0.05, 0.1) is 7.11 Å². The Hall–Kier alpha value is -3.14. The summed E-state index contributed by atoms with van der Waals surface area (Å²) >= 11 is 0. The molecule has 1 heterocycles. The summed E-state index contributed by atoms with van der Waals surface area (Å²) in [6, 6.07) is 6.12. The number of benzene rings is 1. The molecule has 10 nitrogen and oxygen atoms in total. The standard InChI is InChI=1S/C30H43N3O7/c1-30(2,3)40-24(34)19-32(21-15-17-23(38-4)18-16-21)27(35)25-26(39-25)28(36)33(22-13-9-6-10-14-22)29(37)31-20-11-7-5-8-12-20/h15-18,20,22,25-26H,5-14,19H2,1-4H3,(H,31,37). The van der Waals surface area contributed by atoms with Crippen LogP contribution in [-0.2, 0) is 23.9 Å². The van der Waals surface area contributed by atoms with E-state index < -0.39 is 41.6 Å². The topological polar surface area (TPSA) is 118 Å². The molecule has 3 fully saturated rings. The molecular formula is C30H43N3O7. The van der Waals surface area contributed by atoms with E-state index >= 15 is 0 Å². The molecule has 220 valence electrons. The van der Waals surface area contributed by atoms with Crippen molar-refractivity contribution in [2.75, 3.05) is 18.6 Å². The number of ether oxygens (including phenoxy) is 3. The molecular weight excluding hydrogens is 514 g/mol. The molecule has 0 aromatic heterocycles. The first-order chi connectivity index (χ1) is 19.1. The number of amides is 4. The Bertz CT molecular complexity index is 1060. The number of carbonyl (C=O) groups excluding carboxylic acids is 4. The molecule has 10 heteroatoms. The first kappa shape index (κ1) is 29.8. The predicted octanol–water partition coefficient (Wildman–Crippen LogP) is 4.34. The van der Waals surface area contributed by atoms with E-state index in [1.165, 1.54) is 16.9 Å². The van der Waals surface area contributed by atoms with Gasteiger partial charge in [0.2, 0.25) is 0 Å². The van der Waals surface area contributed by atoms with E-state index in [1.54, 1.807) is 45.0 Å². The largest absolute Gasteiger partial charge is 0.497 e. The number of hydrogen-bond donors (Lipinski definition) is 1. The molecule has 0 bridgehead atoms. The molecule has 40 heavy (non-hydrogen) atoms. The van der Waals surface area contributed by atoms with Crippen LogP contribution in [0.3, 0.4) is 0 Å². The van der Waals surface area contributed by atoms with Gasteiger partial charge in [0.1, 0.15) is 17.9 Å². The van der Waals surface area contributed by atoms with Crippen molar-refractivity contribution in [2.24, 2.45) is 0 Å². The van der Waals surface area contributed by atoms with Gasteiger partial charge in [0.25, 0.3) is 11.8 Å². The zero-order valence-electron chi connectivity index (χ0n) is 24.1. The van der Waals surface area contributed by atoms with Crippen LogP contribution >= 0.6 is 0 Å². The molecule has 2 atom stereocenters. The fraction of sp³-hybridized carbons (Fsp3) is 0.667. The third-order valence-corrected chi connectivity index (χ3v) is 7.66. The molecule has 1 aromatic carbocycles. The van der Waals surface area contributed by atoms with Crippen LogP contribution in [0.2, 0.25) is 0 Å². The van der Waals surface area contributed by atoms with E-state index in [2.05, 4.69) is 5.32 Å². The smallest absolute Gasteiger partial charge is 0.326 e. The van der Waals surface area contributed by atoms with Crippen LogP contribution in [0.1, 0.15) is 85.0 Å². The van der Waals surface area contributed by atoms with Crippen LogP contribution in [0.15, 0.2) is 24.3 Å². The first-order valence-electron chi connectivity index (χ1n) is 14.5. The zero-order chi connectivity index (χ0) is 28.9. The number of nitrogens with zero attached hydrogens (tertiary/aromatic N) is 2. The molecule has 2 aliphatic carbocycles. The lowest BCUT2D eigenvalue weighted by Crippen LogP contribution is -2.54. The van der Waals surface area contributed by atoms with Crippen molar-refractivity contribution in [3.8, 4) is 5.75 Å². The molecule has 2 unspecified atom stereocenters. The minimum atomic E-state index is -1.09. The number of urea groups is 1. The highest BCUT2D eigenvalue weighted by Crippen LogP contribution is 2.32. The van der Waals surface area contributed by atoms with Crippen LogP contribution in [-0.4, -0.2) is 72.3 Å². The van der Waals surface area contributed by atoms with Crippen molar-refractivity contribution >= 4 is 29.5 Å². The Morgan fingerprint density at radius 2 is 1.45 bits per heavy atom. The molecule has 1 aliphatic heterocycles. The Morgan fingerprint density at radius 3 is 2.02 bits per heavy atom. The summed E-state index contributed by atoms with van der Waals surface area (Å²) in [7, 11) is 1.54. The summed E-state index contributed by atoms with van der Waals surface area (Å²) in [5.74, 6) is -1.02. The summed E-state index contributed by atoms with van der Waals surface area (Å²) in [4.78, 5) is 56.1. The second-order valence-corrected chi connectivity index (χ2v) is 12.0. The number of hydrogen-bond acceptors (Lipinski definition) is 7. The van der Waals surface area contributed by atoms with Crippen LogP contribution in [0.5, 0.6) is 5.75 Å². The van der Waals surface area contributed by atoms with Gasteiger partial charge in [-0.2, -0.15) is 0 Å². The van der Waals surface area contributed by atoms with Crippen LogP contribution < -0.4 is 15.0 Å². The van der Waals surface area contributed by atoms with Gasteiger partial charge >= 0.3 is 12.0 Å². The van der Waals surface area contributed by atoms with E-state index in [9.17, 15) is 19.2 Å². The Morgan fingerprint density at radius 1 is 0.875 bits per heavy atom. The lowest BCUT2D eigenvalue weighted by Gasteiger charge is -2.34. The van der Waals surface area contributed by atoms with Crippen LogP contribution in [0.25, 0.3) is 0 Å². The summed E-state index contributed by atoms with van der Waals surface area (Å²) in [5.41, 5.74) is -0.288. The highest BCUT2D eigenvalue weighted by Gasteiger charge is 2.55. The predicted molar refractivity (Wildman–Crippen MR) is 149 cm³/mol. The first-order valence-corrected chi connectivity index (χ1v) is 14.5. The minimum absolute atomic E-state index is 0.0529. The lowest BCUT2D eigenvalue weighted by atomic mass is 9.93. The number of rotatable bonds is 8. The van der Waals surface area contributed by atoms with E-state index in [4.69, 9.17) is 14.2 Å².